The third-order valence-electron chi connectivity index (χ3n) is 5.15. The average molecular weight is 422 g/mol. The lowest BCUT2D eigenvalue weighted by atomic mass is 10.0. The van der Waals surface area contributed by atoms with Gasteiger partial charge in [0, 0.05) is 10.9 Å². The summed E-state index contributed by atoms with van der Waals surface area (Å²) in [5.74, 6) is 0.280. The topological polar surface area (TPSA) is 86.8 Å². The first-order valence-corrected chi connectivity index (χ1v) is 9.90. The molecule has 0 radical (unpaired) electrons. The van der Waals surface area contributed by atoms with Crippen LogP contribution >= 0.6 is 0 Å². The standard InChI is InChI=1S/C24H26N2O5/c1-14-18-8-6-7-9-20(18)25-16(3)23(14)24(28)31-13-22(27)26-15(2)19-12-17(29-4)10-11-21(19)30-5/h6-12,15H,13H2,1-5H3,(H,26,27)/t15-/m0/s1. The van der Waals surface area contributed by atoms with E-state index in [1.807, 2.05) is 38.1 Å². The summed E-state index contributed by atoms with van der Waals surface area (Å²) in [6, 6.07) is 12.6. The van der Waals surface area contributed by atoms with Gasteiger partial charge >= 0.3 is 5.97 Å². The van der Waals surface area contributed by atoms with Gasteiger partial charge in [0.15, 0.2) is 6.61 Å². The van der Waals surface area contributed by atoms with E-state index < -0.39 is 18.5 Å². The Balaban J connectivity index is 1.69. The molecule has 31 heavy (non-hydrogen) atoms. The molecule has 1 heterocycles. The summed E-state index contributed by atoms with van der Waals surface area (Å²) in [4.78, 5) is 29.6. The molecule has 0 bridgehead atoms. The maximum absolute atomic E-state index is 12.7. The normalized spacial score (nSPS) is 11.6. The Morgan fingerprint density at radius 2 is 1.81 bits per heavy atom. The molecule has 3 aromatic rings. The summed E-state index contributed by atoms with van der Waals surface area (Å²) in [7, 11) is 3.13. The van der Waals surface area contributed by atoms with Crippen molar-refractivity contribution in [2.45, 2.75) is 26.8 Å². The molecule has 1 aromatic heterocycles. The number of pyridine rings is 1. The van der Waals surface area contributed by atoms with Crippen molar-refractivity contribution in [3.63, 3.8) is 0 Å². The van der Waals surface area contributed by atoms with E-state index in [0.717, 1.165) is 22.0 Å². The summed E-state index contributed by atoms with van der Waals surface area (Å²) < 4.78 is 15.9. The number of hydrogen-bond acceptors (Lipinski definition) is 6. The highest BCUT2D eigenvalue weighted by atomic mass is 16.5. The highest BCUT2D eigenvalue weighted by Crippen LogP contribution is 2.29. The molecular formula is C24H26N2O5. The number of para-hydroxylation sites is 1. The van der Waals surface area contributed by atoms with Crippen LogP contribution in [0.25, 0.3) is 10.9 Å². The largest absolute Gasteiger partial charge is 0.497 e. The third-order valence-corrected chi connectivity index (χ3v) is 5.15. The average Bonchev–Trinajstić information content (AvgIpc) is 2.77. The minimum Gasteiger partial charge on any atom is -0.497 e. The van der Waals surface area contributed by atoms with E-state index in [-0.39, 0.29) is 6.04 Å². The van der Waals surface area contributed by atoms with Crippen molar-refractivity contribution in [2.75, 3.05) is 20.8 Å². The number of carbonyl (C=O) groups excluding carboxylic acids is 2. The van der Waals surface area contributed by atoms with Crippen LogP contribution in [-0.4, -0.2) is 37.7 Å². The van der Waals surface area contributed by atoms with Crippen LogP contribution in [0, 0.1) is 13.8 Å². The first-order valence-electron chi connectivity index (χ1n) is 9.90. The fourth-order valence-corrected chi connectivity index (χ4v) is 3.57. The summed E-state index contributed by atoms with van der Waals surface area (Å²) in [6.07, 6.45) is 0. The summed E-state index contributed by atoms with van der Waals surface area (Å²) in [5.41, 5.74) is 3.30. The Labute approximate surface area is 181 Å². The van der Waals surface area contributed by atoms with Gasteiger partial charge in [-0.25, -0.2) is 4.79 Å². The van der Waals surface area contributed by atoms with Crippen molar-refractivity contribution in [1.82, 2.24) is 10.3 Å². The van der Waals surface area contributed by atoms with E-state index in [0.29, 0.717) is 22.8 Å². The van der Waals surface area contributed by atoms with E-state index in [1.54, 1.807) is 39.3 Å². The lowest BCUT2D eigenvalue weighted by molar-refractivity contribution is -0.124. The van der Waals surface area contributed by atoms with Crippen molar-refractivity contribution >= 4 is 22.8 Å². The Morgan fingerprint density at radius 3 is 2.52 bits per heavy atom. The zero-order valence-electron chi connectivity index (χ0n) is 18.3. The lowest BCUT2D eigenvalue weighted by Gasteiger charge is -2.18. The van der Waals surface area contributed by atoms with Crippen molar-refractivity contribution < 1.29 is 23.8 Å². The number of aryl methyl sites for hydroxylation is 2. The fourth-order valence-electron chi connectivity index (χ4n) is 3.57. The van der Waals surface area contributed by atoms with Crippen LogP contribution in [0.5, 0.6) is 11.5 Å². The van der Waals surface area contributed by atoms with Crippen molar-refractivity contribution in [3.05, 3.63) is 64.8 Å². The van der Waals surface area contributed by atoms with Crippen LogP contribution in [0.15, 0.2) is 42.5 Å². The maximum atomic E-state index is 12.7. The SMILES string of the molecule is COc1ccc(OC)c([C@H](C)NC(=O)COC(=O)c2c(C)nc3ccccc3c2C)c1. The van der Waals surface area contributed by atoms with Crippen molar-refractivity contribution in [3.8, 4) is 11.5 Å². The van der Waals surface area contributed by atoms with E-state index in [2.05, 4.69) is 10.3 Å². The monoisotopic (exact) mass is 422 g/mol. The van der Waals surface area contributed by atoms with Gasteiger partial charge < -0.3 is 19.5 Å². The van der Waals surface area contributed by atoms with Crippen LogP contribution in [0.3, 0.4) is 0 Å². The highest BCUT2D eigenvalue weighted by molar-refractivity contribution is 5.99. The molecule has 3 rings (SSSR count). The number of hydrogen-bond donors (Lipinski definition) is 1. The fraction of sp³-hybridized carbons (Fsp3) is 0.292. The zero-order valence-corrected chi connectivity index (χ0v) is 18.3. The molecule has 162 valence electrons. The van der Waals surface area contributed by atoms with Crippen LogP contribution < -0.4 is 14.8 Å². The number of fused-ring (bicyclic) bond motifs is 1. The number of esters is 1. The molecule has 7 heteroatoms. The molecular weight excluding hydrogens is 396 g/mol. The van der Waals surface area contributed by atoms with Gasteiger partial charge in [-0.1, -0.05) is 18.2 Å². The van der Waals surface area contributed by atoms with Crippen LogP contribution in [0.4, 0.5) is 0 Å². The molecule has 0 saturated carbocycles. The number of amides is 1. The first kappa shape index (κ1) is 22.1. The van der Waals surface area contributed by atoms with E-state index in [9.17, 15) is 9.59 Å². The van der Waals surface area contributed by atoms with E-state index >= 15 is 0 Å². The minimum absolute atomic E-state index is 0.373. The third kappa shape index (κ3) is 4.77. The Bertz CT molecular complexity index is 1130. The van der Waals surface area contributed by atoms with Gasteiger partial charge in [-0.05, 0) is 50.6 Å². The van der Waals surface area contributed by atoms with E-state index in [4.69, 9.17) is 14.2 Å². The molecule has 0 unspecified atom stereocenters. The molecule has 0 saturated heterocycles. The molecule has 7 nitrogen and oxygen atoms in total. The van der Waals surface area contributed by atoms with Gasteiger partial charge in [0.25, 0.3) is 5.91 Å². The van der Waals surface area contributed by atoms with Crippen molar-refractivity contribution in [1.29, 1.82) is 0 Å². The molecule has 2 aromatic carbocycles. The molecule has 0 spiro atoms. The number of nitrogens with one attached hydrogen (secondary N) is 1. The van der Waals surface area contributed by atoms with Gasteiger partial charge in [-0.2, -0.15) is 0 Å². The van der Waals surface area contributed by atoms with Crippen LogP contribution in [0.1, 0.15) is 40.1 Å². The predicted molar refractivity (Wildman–Crippen MR) is 118 cm³/mol. The van der Waals surface area contributed by atoms with Crippen LogP contribution in [-0.2, 0) is 9.53 Å². The Kier molecular flexibility index (Phi) is 6.74. The van der Waals surface area contributed by atoms with Crippen LogP contribution in [0.2, 0.25) is 0 Å². The number of carbonyl (C=O) groups is 2. The number of nitrogens with zero attached hydrogens (tertiary/aromatic N) is 1. The highest BCUT2D eigenvalue weighted by Gasteiger charge is 2.20. The molecule has 0 aliphatic heterocycles. The smallest absolute Gasteiger partial charge is 0.340 e. The number of methoxy groups -OCH3 is 2. The second-order valence-corrected chi connectivity index (χ2v) is 7.19. The minimum atomic E-state index is -0.574. The molecule has 0 aliphatic rings. The quantitative estimate of drug-likeness (QED) is 0.581. The Morgan fingerprint density at radius 1 is 1.06 bits per heavy atom. The summed E-state index contributed by atoms with van der Waals surface area (Å²) in [5, 5.41) is 3.70. The van der Waals surface area contributed by atoms with Gasteiger partial charge in [0.05, 0.1) is 37.0 Å². The molecule has 0 aliphatic carbocycles. The van der Waals surface area contributed by atoms with E-state index in [1.165, 1.54) is 0 Å². The number of rotatable bonds is 7. The molecule has 0 fully saturated rings. The summed E-state index contributed by atoms with van der Waals surface area (Å²) >= 11 is 0. The van der Waals surface area contributed by atoms with Gasteiger partial charge in [0.1, 0.15) is 11.5 Å². The van der Waals surface area contributed by atoms with Gasteiger partial charge in [-0.15, -0.1) is 0 Å². The molecule has 1 atom stereocenters. The molecule has 1 amide bonds. The number of benzene rings is 2. The van der Waals surface area contributed by atoms with Gasteiger partial charge in [-0.3, -0.25) is 9.78 Å². The van der Waals surface area contributed by atoms with Gasteiger partial charge in [0.2, 0.25) is 0 Å². The Hall–Kier alpha value is -3.61. The summed E-state index contributed by atoms with van der Waals surface area (Å²) in [6.45, 7) is 5.03. The maximum Gasteiger partial charge on any atom is 0.340 e. The first-order chi connectivity index (χ1) is 14.8. The number of ether oxygens (including phenoxy) is 3. The zero-order chi connectivity index (χ0) is 22.5. The second-order valence-electron chi connectivity index (χ2n) is 7.19. The number of aromatic nitrogens is 1. The molecule has 1 N–H and O–H groups in total. The van der Waals surface area contributed by atoms with Crippen molar-refractivity contribution in [2.24, 2.45) is 0 Å². The second kappa shape index (κ2) is 9.47. The lowest BCUT2D eigenvalue weighted by Crippen LogP contribution is -2.31. The predicted octanol–water partition coefficient (Wildman–Crippen LogP) is 3.90.